The molecule has 2 N–H and O–H groups in total. The zero-order chi connectivity index (χ0) is 16.3. The minimum Gasteiger partial charge on any atom is -0.396 e. The van der Waals surface area contributed by atoms with Gasteiger partial charge in [0.05, 0.1) is 12.5 Å². The lowest BCUT2D eigenvalue weighted by Crippen LogP contribution is -2.33. The van der Waals surface area contributed by atoms with Crippen molar-refractivity contribution >= 4 is 10.0 Å². The lowest BCUT2D eigenvalue weighted by Gasteiger charge is -2.15. The van der Waals surface area contributed by atoms with Crippen LogP contribution in [0.3, 0.4) is 0 Å². The highest BCUT2D eigenvalue weighted by Gasteiger charge is 2.33. The summed E-state index contributed by atoms with van der Waals surface area (Å²) in [5, 5.41) is 14.0. The van der Waals surface area contributed by atoms with E-state index in [2.05, 4.69) is 34.8 Å². The minimum absolute atomic E-state index is 0.132. The molecule has 8 heteroatoms. The average molecular weight is 330 g/mol. The predicted molar refractivity (Wildman–Crippen MR) is 85.2 cm³/mol. The molecule has 2 heterocycles. The van der Waals surface area contributed by atoms with Gasteiger partial charge in [0.15, 0.2) is 0 Å². The monoisotopic (exact) mass is 330 g/mol. The lowest BCUT2D eigenvalue weighted by atomic mass is 9.92. The predicted octanol–water partition coefficient (Wildman–Crippen LogP) is 0.0209. The van der Waals surface area contributed by atoms with Gasteiger partial charge in [0.25, 0.3) is 0 Å². The van der Waals surface area contributed by atoms with Gasteiger partial charge in [-0.25, -0.2) is 13.1 Å². The van der Waals surface area contributed by atoms with Gasteiger partial charge in [0, 0.05) is 56.9 Å². The molecule has 1 saturated heterocycles. The second-order valence-electron chi connectivity index (χ2n) is 6.32. The summed E-state index contributed by atoms with van der Waals surface area (Å²) < 4.78 is 26.6. The maximum atomic E-state index is 11.1. The van der Waals surface area contributed by atoms with Gasteiger partial charge in [-0.3, -0.25) is 4.68 Å². The second kappa shape index (κ2) is 7.08. The topological polar surface area (TPSA) is 87.5 Å². The van der Waals surface area contributed by atoms with E-state index in [9.17, 15) is 13.5 Å². The zero-order valence-electron chi connectivity index (χ0n) is 13.4. The van der Waals surface area contributed by atoms with Crippen LogP contribution >= 0.6 is 0 Å². The van der Waals surface area contributed by atoms with Crippen molar-refractivity contribution in [2.45, 2.75) is 25.8 Å². The van der Waals surface area contributed by atoms with Gasteiger partial charge >= 0.3 is 0 Å². The van der Waals surface area contributed by atoms with Crippen molar-refractivity contribution in [2.75, 3.05) is 39.0 Å². The van der Waals surface area contributed by atoms with E-state index in [1.165, 1.54) is 0 Å². The summed E-state index contributed by atoms with van der Waals surface area (Å²) in [5.41, 5.74) is 1.14. The molecule has 1 fully saturated rings. The molecule has 0 saturated carbocycles. The number of sulfonamides is 1. The van der Waals surface area contributed by atoms with Gasteiger partial charge < -0.3 is 10.0 Å². The van der Waals surface area contributed by atoms with Crippen LogP contribution in [0.2, 0.25) is 0 Å². The SMILES string of the molecule is CC(C)n1cc([C@@H]2CN(CCNS(C)(=O)=O)C[C@H]2CO)cn1. The maximum absolute atomic E-state index is 11.1. The summed E-state index contributed by atoms with van der Waals surface area (Å²) >= 11 is 0. The molecule has 1 aliphatic heterocycles. The van der Waals surface area contributed by atoms with Crippen LogP contribution in [0.25, 0.3) is 0 Å². The summed E-state index contributed by atoms with van der Waals surface area (Å²) in [6.07, 6.45) is 5.10. The Morgan fingerprint density at radius 3 is 2.73 bits per heavy atom. The fourth-order valence-corrected chi connectivity index (χ4v) is 3.38. The highest BCUT2D eigenvalue weighted by molar-refractivity contribution is 7.88. The van der Waals surface area contributed by atoms with E-state index in [0.717, 1.165) is 24.9 Å². The number of aliphatic hydroxyl groups is 1. The summed E-state index contributed by atoms with van der Waals surface area (Å²) in [5.74, 6) is 0.416. The molecular weight excluding hydrogens is 304 g/mol. The first-order valence-electron chi connectivity index (χ1n) is 7.62. The van der Waals surface area contributed by atoms with Crippen LogP contribution in [0.4, 0.5) is 0 Å². The molecule has 0 aromatic carbocycles. The van der Waals surface area contributed by atoms with Crippen molar-refractivity contribution in [1.82, 2.24) is 19.4 Å². The third kappa shape index (κ3) is 4.52. The number of likely N-dealkylation sites (tertiary alicyclic amines) is 1. The second-order valence-corrected chi connectivity index (χ2v) is 8.16. The molecule has 22 heavy (non-hydrogen) atoms. The van der Waals surface area contributed by atoms with E-state index >= 15 is 0 Å². The first-order valence-corrected chi connectivity index (χ1v) is 9.51. The smallest absolute Gasteiger partial charge is 0.208 e. The fraction of sp³-hybridized carbons (Fsp3) is 0.786. The van der Waals surface area contributed by atoms with Crippen LogP contribution < -0.4 is 4.72 Å². The Morgan fingerprint density at radius 1 is 1.45 bits per heavy atom. The molecule has 0 aliphatic carbocycles. The summed E-state index contributed by atoms with van der Waals surface area (Å²) in [6.45, 7) is 6.94. The molecule has 2 atom stereocenters. The van der Waals surface area contributed by atoms with Crippen LogP contribution in [0.1, 0.15) is 31.4 Å². The first-order chi connectivity index (χ1) is 10.3. The third-order valence-electron chi connectivity index (χ3n) is 4.12. The largest absolute Gasteiger partial charge is 0.396 e. The summed E-state index contributed by atoms with van der Waals surface area (Å²) in [7, 11) is -3.15. The Morgan fingerprint density at radius 2 is 2.18 bits per heavy atom. The summed E-state index contributed by atoms with van der Waals surface area (Å²) in [6, 6.07) is 0.317. The molecule has 126 valence electrons. The molecule has 7 nitrogen and oxygen atoms in total. The molecule has 0 unspecified atom stereocenters. The van der Waals surface area contributed by atoms with Gasteiger partial charge in [-0.1, -0.05) is 0 Å². The lowest BCUT2D eigenvalue weighted by molar-refractivity contribution is 0.215. The Kier molecular flexibility index (Phi) is 5.60. The van der Waals surface area contributed by atoms with E-state index in [-0.39, 0.29) is 18.4 Å². The Bertz CT molecular complexity index is 585. The van der Waals surface area contributed by atoms with Crippen molar-refractivity contribution in [3.8, 4) is 0 Å². The fourth-order valence-electron chi connectivity index (χ4n) is 2.92. The Balaban J connectivity index is 1.96. The van der Waals surface area contributed by atoms with Crippen LogP contribution in [-0.2, 0) is 10.0 Å². The van der Waals surface area contributed by atoms with Crippen LogP contribution in [0, 0.1) is 5.92 Å². The number of nitrogens with one attached hydrogen (secondary N) is 1. The molecule has 1 aromatic heterocycles. The van der Waals surface area contributed by atoms with E-state index in [0.29, 0.717) is 19.1 Å². The van der Waals surface area contributed by atoms with Crippen LogP contribution in [0.5, 0.6) is 0 Å². The Labute approximate surface area is 132 Å². The average Bonchev–Trinajstić information content (AvgIpc) is 3.02. The molecule has 1 aliphatic rings. The maximum Gasteiger partial charge on any atom is 0.208 e. The molecule has 0 spiro atoms. The number of hydrogen-bond donors (Lipinski definition) is 2. The van der Waals surface area contributed by atoms with Gasteiger partial charge in [0.1, 0.15) is 0 Å². The quantitative estimate of drug-likeness (QED) is 0.736. The number of nitrogens with zero attached hydrogens (tertiary/aromatic N) is 3. The van der Waals surface area contributed by atoms with Crippen molar-refractivity contribution in [2.24, 2.45) is 5.92 Å². The normalized spacial score (nSPS) is 23.5. The van der Waals surface area contributed by atoms with E-state index in [1.807, 2.05) is 10.9 Å². The number of aromatic nitrogens is 2. The highest BCUT2D eigenvalue weighted by Crippen LogP contribution is 2.32. The number of hydrogen-bond acceptors (Lipinski definition) is 5. The van der Waals surface area contributed by atoms with Gasteiger partial charge in [-0.2, -0.15) is 5.10 Å². The van der Waals surface area contributed by atoms with Crippen molar-refractivity contribution in [3.05, 3.63) is 18.0 Å². The molecule has 0 radical (unpaired) electrons. The van der Waals surface area contributed by atoms with E-state index < -0.39 is 10.0 Å². The van der Waals surface area contributed by atoms with E-state index in [1.54, 1.807) is 0 Å². The zero-order valence-corrected chi connectivity index (χ0v) is 14.3. The molecule has 2 rings (SSSR count). The van der Waals surface area contributed by atoms with Crippen LogP contribution in [-0.4, -0.2) is 67.2 Å². The number of rotatable bonds is 7. The van der Waals surface area contributed by atoms with Gasteiger partial charge in [0.2, 0.25) is 10.0 Å². The van der Waals surface area contributed by atoms with Gasteiger partial charge in [-0.05, 0) is 19.4 Å². The molecule has 0 amide bonds. The molecule has 0 bridgehead atoms. The van der Waals surface area contributed by atoms with Crippen molar-refractivity contribution in [1.29, 1.82) is 0 Å². The van der Waals surface area contributed by atoms with Crippen molar-refractivity contribution < 1.29 is 13.5 Å². The summed E-state index contributed by atoms with van der Waals surface area (Å²) in [4.78, 5) is 2.19. The molecule has 1 aromatic rings. The van der Waals surface area contributed by atoms with Crippen molar-refractivity contribution in [3.63, 3.8) is 0 Å². The highest BCUT2D eigenvalue weighted by atomic mass is 32.2. The molecular formula is C14H26N4O3S. The Hall–Kier alpha value is -0.960. The number of aliphatic hydroxyl groups excluding tert-OH is 1. The third-order valence-corrected chi connectivity index (χ3v) is 4.85. The minimum atomic E-state index is -3.15. The first kappa shape index (κ1) is 17.4. The van der Waals surface area contributed by atoms with E-state index in [4.69, 9.17) is 0 Å². The standard InChI is InChI=1S/C14H26N4O3S/c1-11(2)18-8-12(6-15-18)14-9-17(7-13(14)10-19)5-4-16-22(3,20)21/h6,8,11,13-14,16,19H,4-5,7,9-10H2,1-3H3/t13-,14-/m0/s1. The van der Waals surface area contributed by atoms with Crippen LogP contribution in [0.15, 0.2) is 12.4 Å². The van der Waals surface area contributed by atoms with Gasteiger partial charge in [-0.15, -0.1) is 0 Å².